The molecule has 0 bridgehead atoms. The second-order valence-corrected chi connectivity index (χ2v) is 2.30. The largest absolute Gasteiger partial charge is 0.412 e. The minimum absolute atomic E-state index is 0.126. The van der Waals surface area contributed by atoms with Crippen molar-refractivity contribution in [2.45, 2.75) is 0 Å². The summed E-state index contributed by atoms with van der Waals surface area (Å²) in [5.41, 5.74) is 10.5. The summed E-state index contributed by atoms with van der Waals surface area (Å²) < 4.78 is 4.14. The molecule has 4 N–H and O–H groups in total. The first-order chi connectivity index (χ1) is 6.11. The van der Waals surface area contributed by atoms with Gasteiger partial charge in [0.15, 0.2) is 0 Å². The van der Waals surface area contributed by atoms with E-state index in [1.165, 1.54) is 12.1 Å². The van der Waals surface area contributed by atoms with E-state index < -0.39 is 12.1 Å². The maximum Gasteiger partial charge on any atom is 0.412 e. The lowest BCUT2D eigenvalue weighted by Crippen LogP contribution is -2.19. The number of hydrogen-bond donors (Lipinski definition) is 2. The zero-order valence-electron chi connectivity index (χ0n) is 6.69. The fraction of sp³-hybridized carbons (Fsp3) is 0. The quantitative estimate of drug-likeness (QED) is 0.373. The van der Waals surface area contributed by atoms with Crippen LogP contribution in [0.15, 0.2) is 24.3 Å². The fourth-order valence-corrected chi connectivity index (χ4v) is 0.829. The Morgan fingerprint density at radius 1 is 1.23 bits per heavy atom. The molecule has 1 amide bonds. The lowest BCUT2D eigenvalue weighted by Gasteiger charge is -2.01. The Labute approximate surface area is 74.3 Å². The Balaban J connectivity index is 2.89. The summed E-state index contributed by atoms with van der Waals surface area (Å²) >= 11 is 0. The first kappa shape index (κ1) is 9.05. The van der Waals surface area contributed by atoms with Gasteiger partial charge in [0.1, 0.15) is 0 Å². The molecule has 5 nitrogen and oxygen atoms in total. The third-order valence-corrected chi connectivity index (χ3v) is 1.37. The Morgan fingerprint density at radius 3 is 2.38 bits per heavy atom. The number of primary amides is 1. The average molecular weight is 180 g/mol. The molecule has 0 saturated heterocycles. The summed E-state index contributed by atoms with van der Waals surface area (Å²) in [5, 5.41) is 0. The zero-order valence-corrected chi connectivity index (χ0v) is 6.69. The third-order valence-electron chi connectivity index (χ3n) is 1.37. The predicted octanol–water partition coefficient (Wildman–Crippen LogP) is 0.504. The molecule has 1 rings (SSSR count). The van der Waals surface area contributed by atoms with Gasteiger partial charge in [0, 0.05) is 5.69 Å². The van der Waals surface area contributed by atoms with E-state index in [0.29, 0.717) is 0 Å². The van der Waals surface area contributed by atoms with Crippen LogP contribution in [0.1, 0.15) is 10.4 Å². The highest BCUT2D eigenvalue weighted by Crippen LogP contribution is 2.11. The van der Waals surface area contributed by atoms with Crippen molar-refractivity contribution < 1.29 is 14.3 Å². The molecule has 0 heterocycles. The van der Waals surface area contributed by atoms with Crippen LogP contribution in [0.5, 0.6) is 0 Å². The van der Waals surface area contributed by atoms with E-state index in [4.69, 9.17) is 5.73 Å². The molecule has 0 aliphatic carbocycles. The van der Waals surface area contributed by atoms with E-state index in [1.54, 1.807) is 12.1 Å². The van der Waals surface area contributed by atoms with Crippen LogP contribution in [-0.4, -0.2) is 12.1 Å². The van der Waals surface area contributed by atoms with E-state index in [2.05, 4.69) is 10.5 Å². The Hall–Kier alpha value is -2.04. The number of hydrogen-bond acceptors (Lipinski definition) is 4. The Kier molecular flexibility index (Phi) is 2.49. The van der Waals surface area contributed by atoms with Gasteiger partial charge in [0.2, 0.25) is 0 Å². The molecule has 0 aromatic heterocycles. The third kappa shape index (κ3) is 2.19. The van der Waals surface area contributed by atoms with E-state index in [1.807, 2.05) is 0 Å². The van der Waals surface area contributed by atoms with Gasteiger partial charge in [0.25, 0.3) is 0 Å². The lowest BCUT2D eigenvalue weighted by molar-refractivity contribution is 0.0639. The molecular formula is C8H8N2O3. The van der Waals surface area contributed by atoms with Crippen molar-refractivity contribution in [3.05, 3.63) is 29.8 Å². The fourth-order valence-electron chi connectivity index (χ4n) is 0.829. The van der Waals surface area contributed by atoms with Gasteiger partial charge in [-0.3, -0.25) is 0 Å². The molecular weight excluding hydrogens is 172 g/mol. The molecule has 0 spiro atoms. The van der Waals surface area contributed by atoms with Gasteiger partial charge in [-0.2, -0.15) is 0 Å². The lowest BCUT2D eigenvalue weighted by atomic mass is 10.2. The molecule has 0 saturated carbocycles. The molecule has 1 aromatic rings. The molecule has 0 aliphatic heterocycles. The Bertz CT molecular complexity index is 349. The summed E-state index contributed by atoms with van der Waals surface area (Å²) in [7, 11) is 0. The number of ether oxygens (including phenoxy) is 1. The number of carbonyl (C=O) groups excluding carboxylic acids is 2. The maximum absolute atomic E-state index is 11.1. The number of nitrogen functional groups attached to an aromatic ring is 1. The summed E-state index contributed by atoms with van der Waals surface area (Å²) in [6.45, 7) is 0. The van der Waals surface area contributed by atoms with Crippen LogP contribution in [0.3, 0.4) is 0 Å². The number of anilines is 1. The molecule has 0 radical (unpaired) electrons. The second-order valence-electron chi connectivity index (χ2n) is 2.30. The predicted molar refractivity (Wildman–Crippen MR) is 45.9 cm³/mol. The second kappa shape index (κ2) is 3.57. The highest BCUT2D eigenvalue weighted by molar-refractivity contribution is 5.99. The average Bonchev–Trinajstić information content (AvgIpc) is 2.03. The minimum atomic E-state index is -1.15. The van der Waals surface area contributed by atoms with Crippen LogP contribution >= 0.6 is 0 Å². The normalized spacial score (nSPS) is 9.23. The summed E-state index contributed by atoms with van der Waals surface area (Å²) in [6, 6.07) is 6.24. The standard InChI is InChI=1S/C8H8N2O3/c9-6-4-2-1-3-5(6)7(11)13-8(10)12/h1-4H,9H2,(H2,10,12). The molecule has 0 fully saturated rings. The maximum atomic E-state index is 11.1. The van der Waals surface area contributed by atoms with E-state index in [0.717, 1.165) is 0 Å². The van der Waals surface area contributed by atoms with Gasteiger partial charge in [-0.15, -0.1) is 0 Å². The molecule has 1 aromatic carbocycles. The SMILES string of the molecule is NC(=O)OC(=O)c1ccccc1N. The zero-order chi connectivity index (χ0) is 9.84. The number of nitrogens with two attached hydrogens (primary N) is 2. The minimum Gasteiger partial charge on any atom is -0.398 e. The first-order valence-electron chi connectivity index (χ1n) is 3.47. The van der Waals surface area contributed by atoms with Crippen molar-refractivity contribution in [1.29, 1.82) is 0 Å². The molecule has 5 heteroatoms. The first-order valence-corrected chi connectivity index (χ1v) is 3.47. The number of rotatable bonds is 1. The van der Waals surface area contributed by atoms with Crippen LogP contribution in [0.4, 0.5) is 10.5 Å². The number of esters is 1. The van der Waals surface area contributed by atoms with Crippen molar-refractivity contribution in [3.63, 3.8) is 0 Å². The van der Waals surface area contributed by atoms with E-state index >= 15 is 0 Å². The van der Waals surface area contributed by atoms with Crippen molar-refractivity contribution in [1.82, 2.24) is 0 Å². The van der Waals surface area contributed by atoms with Gasteiger partial charge >= 0.3 is 12.1 Å². The molecule has 13 heavy (non-hydrogen) atoms. The van der Waals surface area contributed by atoms with Gasteiger partial charge in [-0.25, -0.2) is 9.59 Å². The van der Waals surface area contributed by atoms with Crippen molar-refractivity contribution >= 4 is 17.7 Å². The highest BCUT2D eigenvalue weighted by atomic mass is 16.6. The topological polar surface area (TPSA) is 95.4 Å². The summed E-state index contributed by atoms with van der Waals surface area (Å²) in [5.74, 6) is -0.842. The van der Waals surface area contributed by atoms with Gasteiger partial charge in [-0.05, 0) is 12.1 Å². The number of para-hydroxylation sites is 1. The summed E-state index contributed by atoms with van der Waals surface area (Å²) in [6.07, 6.45) is -1.15. The smallest absolute Gasteiger partial charge is 0.398 e. The number of amides is 1. The van der Waals surface area contributed by atoms with Crippen LogP contribution in [0.2, 0.25) is 0 Å². The molecule has 0 unspecified atom stereocenters. The van der Waals surface area contributed by atoms with Crippen LogP contribution < -0.4 is 11.5 Å². The Morgan fingerprint density at radius 2 is 1.85 bits per heavy atom. The number of carbonyl (C=O) groups is 2. The van der Waals surface area contributed by atoms with E-state index in [-0.39, 0.29) is 11.3 Å². The molecule has 0 atom stereocenters. The van der Waals surface area contributed by atoms with Crippen LogP contribution in [0.25, 0.3) is 0 Å². The summed E-state index contributed by atoms with van der Waals surface area (Å²) in [4.78, 5) is 21.3. The number of benzene rings is 1. The molecule has 68 valence electrons. The highest BCUT2D eigenvalue weighted by Gasteiger charge is 2.12. The molecule has 0 aliphatic rings. The van der Waals surface area contributed by atoms with Gasteiger partial charge in [0.05, 0.1) is 5.56 Å². The van der Waals surface area contributed by atoms with E-state index in [9.17, 15) is 9.59 Å². The monoisotopic (exact) mass is 180 g/mol. The van der Waals surface area contributed by atoms with Crippen LogP contribution in [-0.2, 0) is 4.74 Å². The van der Waals surface area contributed by atoms with Crippen molar-refractivity contribution in [2.24, 2.45) is 5.73 Å². The van der Waals surface area contributed by atoms with Gasteiger partial charge in [-0.1, -0.05) is 12.1 Å². The van der Waals surface area contributed by atoms with Crippen molar-refractivity contribution in [3.8, 4) is 0 Å². The van der Waals surface area contributed by atoms with Crippen molar-refractivity contribution in [2.75, 3.05) is 5.73 Å². The van der Waals surface area contributed by atoms with Gasteiger partial charge < -0.3 is 16.2 Å². The van der Waals surface area contributed by atoms with Crippen LogP contribution in [0, 0.1) is 0 Å².